The number of anilines is 5. The minimum Gasteiger partial charge on any atom is -0.314 e. The second-order valence-corrected chi connectivity index (χ2v) is 13.2. The number of hydrogen-bond acceptors (Lipinski definition) is 2. The summed E-state index contributed by atoms with van der Waals surface area (Å²) in [4.78, 5) is 4.71. The molecule has 0 amide bonds. The lowest BCUT2D eigenvalue weighted by Crippen LogP contribution is -2.17. The van der Waals surface area contributed by atoms with E-state index in [4.69, 9.17) is 0 Å². The summed E-state index contributed by atoms with van der Waals surface area (Å²) in [5, 5.41) is 5.01. The van der Waals surface area contributed by atoms with E-state index >= 15 is 0 Å². The molecule has 1 aliphatic carbocycles. The van der Waals surface area contributed by atoms with Gasteiger partial charge < -0.3 is 9.80 Å². The fourth-order valence-electron chi connectivity index (χ4n) is 7.74. The number of para-hydroxylation sites is 3. The van der Waals surface area contributed by atoms with Crippen molar-refractivity contribution in [3.8, 4) is 22.3 Å². The van der Waals surface area contributed by atoms with Gasteiger partial charge in [-0.05, 0) is 123 Å². The second kappa shape index (κ2) is 13.9. The molecule has 1 aliphatic rings. The van der Waals surface area contributed by atoms with Crippen LogP contribution >= 0.6 is 0 Å². The zero-order valence-electron chi connectivity index (χ0n) is 28.9. The quantitative estimate of drug-likeness (QED) is 0.149. The molecule has 8 aromatic rings. The molecule has 0 radical (unpaired) electrons. The first-order valence-electron chi connectivity index (χ1n) is 18.1. The molecular weight excluding hydrogens is 629 g/mol. The summed E-state index contributed by atoms with van der Waals surface area (Å²) < 4.78 is 0. The summed E-state index contributed by atoms with van der Waals surface area (Å²) in [6.45, 7) is 0. The van der Waals surface area contributed by atoms with Crippen molar-refractivity contribution >= 4 is 50.0 Å². The predicted octanol–water partition coefficient (Wildman–Crippen LogP) is 14.2. The van der Waals surface area contributed by atoms with E-state index < -0.39 is 0 Å². The first-order chi connectivity index (χ1) is 25.8. The van der Waals surface area contributed by atoms with Gasteiger partial charge in [-0.2, -0.15) is 0 Å². The molecule has 2 nitrogen and oxygen atoms in total. The van der Waals surface area contributed by atoms with Crippen LogP contribution < -0.4 is 9.80 Å². The van der Waals surface area contributed by atoms with Gasteiger partial charge in [0.05, 0.1) is 0 Å². The van der Waals surface area contributed by atoms with Crippen molar-refractivity contribution in [3.05, 3.63) is 212 Å². The lowest BCUT2D eigenvalue weighted by molar-refractivity contribution is 0.918. The first-order valence-corrected chi connectivity index (χ1v) is 18.1. The Bertz CT molecular complexity index is 2440. The Morgan fingerprint density at radius 1 is 0.327 bits per heavy atom. The Balaban J connectivity index is 1.16. The van der Waals surface area contributed by atoms with E-state index in [1.54, 1.807) is 0 Å². The lowest BCUT2D eigenvalue weighted by atomic mass is 9.86. The van der Waals surface area contributed by atoms with Gasteiger partial charge in [-0.15, -0.1) is 0 Å². The van der Waals surface area contributed by atoms with Gasteiger partial charge in [-0.1, -0.05) is 140 Å². The second-order valence-electron chi connectivity index (χ2n) is 13.2. The van der Waals surface area contributed by atoms with E-state index in [-0.39, 0.29) is 0 Å². The zero-order valence-corrected chi connectivity index (χ0v) is 28.9. The molecule has 0 spiro atoms. The van der Waals surface area contributed by atoms with Crippen LogP contribution in [-0.2, 0) is 0 Å². The van der Waals surface area contributed by atoms with Crippen LogP contribution in [0.1, 0.15) is 12.8 Å². The van der Waals surface area contributed by atoms with Crippen molar-refractivity contribution in [2.24, 2.45) is 0 Å². The minimum atomic E-state index is 1.02. The van der Waals surface area contributed by atoms with E-state index in [2.05, 4.69) is 216 Å². The van der Waals surface area contributed by atoms with Crippen molar-refractivity contribution in [2.45, 2.75) is 12.8 Å². The number of allylic oxidation sites excluding steroid dienone is 4. The van der Waals surface area contributed by atoms with E-state index in [1.807, 2.05) is 0 Å². The zero-order chi connectivity index (χ0) is 34.7. The summed E-state index contributed by atoms with van der Waals surface area (Å²) in [6.07, 6.45) is 8.74. The number of hydrogen-bond donors (Lipinski definition) is 0. The highest BCUT2D eigenvalue weighted by atomic mass is 15.1. The summed E-state index contributed by atoms with van der Waals surface area (Å²) in [6, 6.07) is 67.9. The van der Waals surface area contributed by atoms with Crippen LogP contribution in [0.15, 0.2) is 212 Å². The van der Waals surface area contributed by atoms with Crippen LogP contribution in [0, 0.1) is 0 Å². The van der Waals surface area contributed by atoms with Gasteiger partial charge in [0.25, 0.3) is 0 Å². The fourth-order valence-corrected chi connectivity index (χ4v) is 7.74. The molecule has 2 heteroatoms. The van der Waals surface area contributed by atoms with E-state index in [1.165, 1.54) is 60.9 Å². The maximum atomic E-state index is 2.40. The summed E-state index contributed by atoms with van der Waals surface area (Å²) >= 11 is 0. The fraction of sp³-hybridized carbons (Fsp3) is 0.0400. The highest BCUT2D eigenvalue weighted by Crippen LogP contribution is 2.45. The molecule has 0 atom stereocenters. The van der Waals surface area contributed by atoms with Crippen LogP contribution in [0.2, 0.25) is 0 Å². The highest BCUT2D eigenvalue weighted by Gasteiger charge is 2.19. The topological polar surface area (TPSA) is 6.48 Å². The van der Waals surface area contributed by atoms with Crippen molar-refractivity contribution in [2.75, 3.05) is 9.80 Å². The standard InChI is InChI=1S/C50H38N2/c1-5-17-39(18-6-1)51(40-19-7-2-8-20-40)43-33-29-37(30-34-43)49-45-25-13-15-27-47(45)50(48-28-16-14-26-46(48)49)38-31-35-44(36-32-38)52(41-21-9-3-10-22-41)42-23-11-4-12-24-42/h1-11,13-23,25-36H,12,24H2. The molecule has 8 aromatic carbocycles. The molecule has 0 bridgehead atoms. The SMILES string of the molecule is C1=CCCC(N(c2ccccc2)c2ccc(-c3c4ccccc4c(-c4ccc(N(c5ccccc5)c5ccccc5)cc4)c4ccccc34)cc2)=C1. The smallest absolute Gasteiger partial charge is 0.0462 e. The molecule has 0 unspecified atom stereocenters. The van der Waals surface area contributed by atoms with Crippen LogP contribution in [0.25, 0.3) is 43.8 Å². The number of rotatable bonds is 8. The maximum Gasteiger partial charge on any atom is 0.0462 e. The Labute approximate surface area is 305 Å². The largest absolute Gasteiger partial charge is 0.314 e. The van der Waals surface area contributed by atoms with Gasteiger partial charge in [-0.25, -0.2) is 0 Å². The van der Waals surface area contributed by atoms with Crippen molar-refractivity contribution < 1.29 is 0 Å². The van der Waals surface area contributed by atoms with Gasteiger partial charge in [0, 0.05) is 34.1 Å². The average molecular weight is 667 g/mol. The van der Waals surface area contributed by atoms with Crippen molar-refractivity contribution in [1.29, 1.82) is 0 Å². The Morgan fingerprint density at radius 2 is 0.673 bits per heavy atom. The molecule has 0 heterocycles. The van der Waals surface area contributed by atoms with Gasteiger partial charge >= 0.3 is 0 Å². The molecule has 0 fully saturated rings. The summed E-state index contributed by atoms with van der Waals surface area (Å²) in [5.74, 6) is 0. The third-order valence-corrected chi connectivity index (χ3v) is 10.1. The molecule has 0 saturated carbocycles. The minimum absolute atomic E-state index is 1.02. The predicted molar refractivity (Wildman–Crippen MR) is 222 cm³/mol. The summed E-state index contributed by atoms with van der Waals surface area (Å²) in [7, 11) is 0. The van der Waals surface area contributed by atoms with E-state index in [9.17, 15) is 0 Å². The maximum absolute atomic E-state index is 2.40. The van der Waals surface area contributed by atoms with Gasteiger partial charge in [0.2, 0.25) is 0 Å². The number of fused-ring (bicyclic) bond motifs is 2. The average Bonchev–Trinajstić information content (AvgIpc) is 3.22. The van der Waals surface area contributed by atoms with Crippen LogP contribution in [-0.4, -0.2) is 0 Å². The van der Waals surface area contributed by atoms with Gasteiger partial charge in [0.1, 0.15) is 0 Å². The number of benzene rings is 8. The summed E-state index contributed by atoms with van der Waals surface area (Å²) in [5.41, 5.74) is 12.0. The van der Waals surface area contributed by atoms with Gasteiger partial charge in [-0.3, -0.25) is 0 Å². The molecule has 52 heavy (non-hydrogen) atoms. The third kappa shape index (κ3) is 5.85. The Kier molecular flexibility index (Phi) is 8.40. The normalized spacial score (nSPS) is 12.5. The monoisotopic (exact) mass is 666 g/mol. The van der Waals surface area contributed by atoms with Crippen LogP contribution in [0.4, 0.5) is 28.4 Å². The molecule has 248 valence electrons. The molecule has 0 aliphatic heterocycles. The van der Waals surface area contributed by atoms with E-state index in [0.717, 1.165) is 29.9 Å². The molecule has 0 N–H and O–H groups in total. The Hall–Kier alpha value is -6.64. The first kappa shape index (κ1) is 31.3. The molecular formula is C50H38N2. The van der Waals surface area contributed by atoms with Crippen LogP contribution in [0.5, 0.6) is 0 Å². The molecule has 0 aromatic heterocycles. The highest BCUT2D eigenvalue weighted by molar-refractivity contribution is 6.21. The molecule has 0 saturated heterocycles. The number of nitrogens with zero attached hydrogens (tertiary/aromatic N) is 2. The van der Waals surface area contributed by atoms with E-state index in [0.29, 0.717) is 0 Å². The van der Waals surface area contributed by atoms with Crippen molar-refractivity contribution in [3.63, 3.8) is 0 Å². The molecule has 9 rings (SSSR count). The van der Waals surface area contributed by atoms with Gasteiger partial charge in [0.15, 0.2) is 0 Å². The van der Waals surface area contributed by atoms with Crippen molar-refractivity contribution in [1.82, 2.24) is 0 Å². The Morgan fingerprint density at radius 3 is 1.06 bits per heavy atom. The third-order valence-electron chi connectivity index (χ3n) is 10.1. The lowest BCUT2D eigenvalue weighted by Gasteiger charge is -2.29. The van der Waals surface area contributed by atoms with Crippen LogP contribution in [0.3, 0.4) is 0 Å².